The minimum Gasteiger partial charge on any atom is -0.462 e. The average Bonchev–Trinajstić information content (AvgIpc) is 2.85. The first-order chi connectivity index (χ1) is 15.7. The molecule has 3 aromatic carbocycles. The van der Waals surface area contributed by atoms with E-state index in [-0.39, 0.29) is 5.97 Å². The van der Waals surface area contributed by atoms with E-state index >= 15 is 0 Å². The van der Waals surface area contributed by atoms with Gasteiger partial charge in [0.05, 0.1) is 25.4 Å². The molecule has 1 aliphatic rings. The molecule has 0 radical (unpaired) electrons. The molecule has 1 aliphatic heterocycles. The normalized spacial score (nSPS) is 13.8. The summed E-state index contributed by atoms with van der Waals surface area (Å²) in [5.41, 5.74) is 5.83. The Kier molecular flexibility index (Phi) is 7.34. The number of benzene rings is 3. The maximum absolute atomic E-state index is 12.0. The number of hydrogen-bond acceptors (Lipinski definition) is 4. The first kappa shape index (κ1) is 21.8. The van der Waals surface area contributed by atoms with Crippen LogP contribution in [0.5, 0.6) is 0 Å². The van der Waals surface area contributed by atoms with Gasteiger partial charge in [-0.2, -0.15) is 0 Å². The van der Waals surface area contributed by atoms with Crippen LogP contribution in [0.4, 0.5) is 0 Å². The molecule has 4 rings (SSSR count). The van der Waals surface area contributed by atoms with Crippen molar-refractivity contribution in [2.45, 2.75) is 13.5 Å². The largest absolute Gasteiger partial charge is 0.462 e. The maximum Gasteiger partial charge on any atom is 0.338 e. The van der Waals surface area contributed by atoms with Gasteiger partial charge in [-0.15, -0.1) is 0 Å². The summed E-state index contributed by atoms with van der Waals surface area (Å²) in [6.07, 6.45) is 0. The fourth-order valence-corrected chi connectivity index (χ4v) is 3.64. The molecule has 4 heteroatoms. The Morgan fingerprint density at radius 1 is 0.906 bits per heavy atom. The Balaban J connectivity index is 1.40. The molecule has 32 heavy (non-hydrogen) atoms. The quantitative estimate of drug-likeness (QED) is 0.436. The lowest BCUT2D eigenvalue weighted by Crippen LogP contribution is -2.35. The van der Waals surface area contributed by atoms with Crippen molar-refractivity contribution in [1.29, 1.82) is 0 Å². The van der Waals surface area contributed by atoms with Gasteiger partial charge in [0.25, 0.3) is 0 Å². The van der Waals surface area contributed by atoms with Gasteiger partial charge < -0.3 is 9.47 Å². The van der Waals surface area contributed by atoms with Crippen LogP contribution < -0.4 is 0 Å². The molecule has 4 nitrogen and oxygen atoms in total. The molecule has 3 aromatic rings. The summed E-state index contributed by atoms with van der Waals surface area (Å²) < 4.78 is 10.5. The summed E-state index contributed by atoms with van der Waals surface area (Å²) in [5.74, 6) is 6.18. The van der Waals surface area contributed by atoms with Gasteiger partial charge in [-0.25, -0.2) is 4.79 Å². The zero-order valence-corrected chi connectivity index (χ0v) is 18.3. The molecule has 0 atom stereocenters. The first-order valence-electron chi connectivity index (χ1n) is 11.0. The van der Waals surface area contributed by atoms with E-state index in [2.05, 4.69) is 41.0 Å². The van der Waals surface area contributed by atoms with Crippen LogP contribution in [0.3, 0.4) is 0 Å². The van der Waals surface area contributed by atoms with E-state index in [1.54, 1.807) is 13.0 Å². The van der Waals surface area contributed by atoms with Crippen molar-refractivity contribution in [3.8, 4) is 23.0 Å². The van der Waals surface area contributed by atoms with E-state index in [4.69, 9.17) is 9.47 Å². The second kappa shape index (κ2) is 10.8. The van der Waals surface area contributed by atoms with Gasteiger partial charge in [0.2, 0.25) is 0 Å². The predicted molar refractivity (Wildman–Crippen MR) is 126 cm³/mol. The number of carbonyl (C=O) groups is 1. The SMILES string of the molecule is CCOC(=O)c1cccc(-c2ccc(C#Cc3ccc(CN4CCOCC4)cc3)cc2)c1. The van der Waals surface area contributed by atoms with Crippen molar-refractivity contribution in [3.05, 3.63) is 95.1 Å². The molecule has 0 bridgehead atoms. The van der Waals surface area contributed by atoms with Gasteiger partial charge in [-0.05, 0) is 60.0 Å². The molecule has 0 N–H and O–H groups in total. The summed E-state index contributed by atoms with van der Waals surface area (Å²) in [5, 5.41) is 0. The fraction of sp³-hybridized carbons (Fsp3) is 0.250. The van der Waals surface area contributed by atoms with Crippen LogP contribution in [0.15, 0.2) is 72.8 Å². The topological polar surface area (TPSA) is 38.8 Å². The van der Waals surface area contributed by atoms with Crippen LogP contribution in [-0.4, -0.2) is 43.8 Å². The summed E-state index contributed by atoms with van der Waals surface area (Å²) >= 11 is 0. The van der Waals surface area contributed by atoms with Gasteiger partial charge in [-0.3, -0.25) is 4.90 Å². The molecule has 1 heterocycles. The van der Waals surface area contributed by atoms with E-state index in [1.807, 2.05) is 42.5 Å². The number of morpholine rings is 1. The number of rotatable bonds is 5. The third-order valence-corrected chi connectivity index (χ3v) is 5.41. The summed E-state index contributed by atoms with van der Waals surface area (Å²) in [4.78, 5) is 14.4. The van der Waals surface area contributed by atoms with Gasteiger partial charge >= 0.3 is 5.97 Å². The standard InChI is InChI=1S/C28H27NO3/c1-2-32-28(30)27-5-3-4-26(20-27)25-14-12-23(13-15-25)7-6-22-8-10-24(11-9-22)21-29-16-18-31-19-17-29/h3-5,8-15,20H,2,16-19,21H2,1H3. The summed E-state index contributed by atoms with van der Waals surface area (Å²) in [7, 11) is 0. The van der Waals surface area contributed by atoms with Crippen molar-refractivity contribution in [3.63, 3.8) is 0 Å². The number of ether oxygens (including phenoxy) is 2. The minimum absolute atomic E-state index is 0.298. The third kappa shape index (κ3) is 5.85. The van der Waals surface area contributed by atoms with Gasteiger partial charge in [0.1, 0.15) is 0 Å². The average molecular weight is 426 g/mol. The van der Waals surface area contributed by atoms with E-state index in [0.29, 0.717) is 12.2 Å². The Morgan fingerprint density at radius 3 is 2.22 bits per heavy atom. The van der Waals surface area contributed by atoms with Crippen LogP contribution >= 0.6 is 0 Å². The fourth-order valence-electron chi connectivity index (χ4n) is 3.64. The highest BCUT2D eigenvalue weighted by Gasteiger charge is 2.10. The molecule has 0 aromatic heterocycles. The second-order valence-electron chi connectivity index (χ2n) is 7.71. The van der Waals surface area contributed by atoms with Gasteiger partial charge in [0, 0.05) is 30.8 Å². The van der Waals surface area contributed by atoms with Crippen molar-refractivity contribution in [1.82, 2.24) is 4.90 Å². The van der Waals surface area contributed by atoms with Crippen LogP contribution in [0.2, 0.25) is 0 Å². The molecule has 0 spiro atoms. The van der Waals surface area contributed by atoms with E-state index in [9.17, 15) is 4.79 Å². The highest BCUT2D eigenvalue weighted by atomic mass is 16.5. The maximum atomic E-state index is 12.0. The van der Waals surface area contributed by atoms with Crippen molar-refractivity contribution >= 4 is 5.97 Å². The van der Waals surface area contributed by atoms with Crippen molar-refractivity contribution in [2.75, 3.05) is 32.9 Å². The summed E-state index contributed by atoms with van der Waals surface area (Å²) in [6, 6.07) is 24.0. The van der Waals surface area contributed by atoms with Crippen molar-refractivity contribution in [2.24, 2.45) is 0 Å². The minimum atomic E-state index is -0.298. The second-order valence-corrected chi connectivity index (χ2v) is 7.71. The Hall–Kier alpha value is -3.39. The zero-order valence-electron chi connectivity index (χ0n) is 18.3. The monoisotopic (exact) mass is 425 g/mol. The predicted octanol–water partition coefficient (Wildman–Crippen LogP) is 4.76. The molecule has 0 unspecified atom stereocenters. The Bertz CT molecular complexity index is 1100. The number of esters is 1. The smallest absolute Gasteiger partial charge is 0.338 e. The summed E-state index contributed by atoms with van der Waals surface area (Å²) in [6.45, 7) is 6.75. The third-order valence-electron chi connectivity index (χ3n) is 5.41. The highest BCUT2D eigenvalue weighted by Crippen LogP contribution is 2.21. The van der Waals surface area contributed by atoms with Crippen LogP contribution in [-0.2, 0) is 16.0 Å². The Morgan fingerprint density at radius 2 is 1.56 bits per heavy atom. The molecular weight excluding hydrogens is 398 g/mol. The van der Waals surface area contributed by atoms with E-state index in [0.717, 1.165) is 55.1 Å². The molecule has 0 saturated carbocycles. The van der Waals surface area contributed by atoms with E-state index in [1.165, 1.54) is 5.56 Å². The van der Waals surface area contributed by atoms with Crippen LogP contribution in [0, 0.1) is 11.8 Å². The van der Waals surface area contributed by atoms with Gasteiger partial charge in [0.15, 0.2) is 0 Å². The Labute approximate surface area is 189 Å². The highest BCUT2D eigenvalue weighted by molar-refractivity contribution is 5.91. The number of nitrogens with zero attached hydrogens (tertiary/aromatic N) is 1. The number of carbonyl (C=O) groups excluding carboxylic acids is 1. The van der Waals surface area contributed by atoms with Crippen LogP contribution in [0.1, 0.15) is 34.0 Å². The lowest BCUT2D eigenvalue weighted by atomic mass is 10.0. The molecule has 1 saturated heterocycles. The van der Waals surface area contributed by atoms with Crippen LogP contribution in [0.25, 0.3) is 11.1 Å². The molecule has 0 amide bonds. The zero-order chi connectivity index (χ0) is 22.2. The molecule has 162 valence electrons. The molecule has 1 fully saturated rings. The lowest BCUT2D eigenvalue weighted by molar-refractivity contribution is 0.0342. The lowest BCUT2D eigenvalue weighted by Gasteiger charge is -2.26. The van der Waals surface area contributed by atoms with Gasteiger partial charge in [-0.1, -0.05) is 48.2 Å². The molecular formula is C28H27NO3. The first-order valence-corrected chi connectivity index (χ1v) is 11.0. The number of hydrogen-bond donors (Lipinski definition) is 0. The van der Waals surface area contributed by atoms with Crippen molar-refractivity contribution < 1.29 is 14.3 Å². The molecule has 0 aliphatic carbocycles. The van der Waals surface area contributed by atoms with E-state index < -0.39 is 0 Å².